The van der Waals surface area contributed by atoms with Crippen LogP contribution in [0.1, 0.15) is 258 Å². The minimum absolute atomic E-state index is 0.257. The van der Waals surface area contributed by atoms with E-state index in [1.807, 2.05) is 6.08 Å². The number of aliphatic hydroxyl groups excluding tert-OH is 8. The van der Waals surface area contributed by atoms with Crippen molar-refractivity contribution in [3.8, 4) is 0 Å². The first-order valence-electron chi connectivity index (χ1n) is 32.5. The summed E-state index contributed by atoms with van der Waals surface area (Å²) in [5.41, 5.74) is 0. The third kappa shape index (κ3) is 35.7. The Labute approximate surface area is 486 Å². The summed E-state index contributed by atoms with van der Waals surface area (Å²) in [5.74, 6) is -0.261. The molecule has 0 aromatic heterocycles. The van der Waals surface area contributed by atoms with Crippen LogP contribution in [0.2, 0.25) is 0 Å². The first-order chi connectivity index (χ1) is 39.1. The Kier molecular flexibility index (Phi) is 47.2. The lowest BCUT2D eigenvalue weighted by Gasteiger charge is -2.46. The van der Waals surface area contributed by atoms with Crippen molar-refractivity contribution in [2.45, 2.75) is 331 Å². The summed E-state index contributed by atoms with van der Waals surface area (Å²) in [6.07, 6.45) is 49.8. The van der Waals surface area contributed by atoms with E-state index < -0.39 is 86.8 Å². The highest BCUT2D eigenvalue weighted by molar-refractivity contribution is 5.76. The number of allylic oxidation sites excluding steroid dienone is 9. The predicted octanol–water partition coefficient (Wildman–Crippen LogP) is 12.1. The highest BCUT2D eigenvalue weighted by Gasteiger charge is 2.51. The van der Waals surface area contributed by atoms with Crippen molar-refractivity contribution in [2.75, 3.05) is 19.8 Å². The topological polar surface area (TPSA) is 228 Å². The van der Waals surface area contributed by atoms with E-state index in [0.717, 1.165) is 64.2 Å². The Morgan fingerprint density at radius 3 is 1.34 bits per heavy atom. The highest BCUT2D eigenvalue weighted by Crippen LogP contribution is 2.30. The molecule has 0 radical (unpaired) electrons. The maximum Gasteiger partial charge on any atom is 0.220 e. The predicted molar refractivity (Wildman–Crippen MR) is 323 cm³/mol. The standard InChI is InChI=1S/C66H119NO13/c1-3-5-7-9-11-13-15-17-19-21-23-24-25-26-27-28-29-30-32-33-35-37-39-41-43-45-47-49-55(70)54(67-58(71)50-48-46-44-42-40-38-36-34-31-22-20-18-16-14-12-10-8-6-4-2)53-77-65-63(76)61(74)64(57(52-69)79-65)80-66-62(75)60(73)59(72)56(51-68)78-66/h12,14,18,20,31,34,39,41,47,49,54-57,59-66,68-70,72-76H,3-11,13,15-17,19,21-30,32-33,35-38,40,42-46,48,50-53H2,1-2H3,(H,67,71)/b14-12-,20-18-,34-31-,41-39+,49-47+. The molecule has 2 heterocycles. The summed E-state index contributed by atoms with van der Waals surface area (Å²) in [6, 6.07) is -0.942. The molecule has 0 aromatic carbocycles. The van der Waals surface area contributed by atoms with E-state index in [1.54, 1.807) is 6.08 Å². The monoisotopic (exact) mass is 1130 g/mol. The van der Waals surface area contributed by atoms with E-state index >= 15 is 0 Å². The van der Waals surface area contributed by atoms with Crippen molar-refractivity contribution in [1.82, 2.24) is 5.32 Å². The quantitative estimate of drug-likeness (QED) is 0.0204. The van der Waals surface area contributed by atoms with Crippen LogP contribution < -0.4 is 5.32 Å². The fraction of sp³-hybridized carbons (Fsp3) is 0.833. The number of amides is 1. The summed E-state index contributed by atoms with van der Waals surface area (Å²) >= 11 is 0. The fourth-order valence-corrected chi connectivity index (χ4v) is 10.4. The van der Waals surface area contributed by atoms with Gasteiger partial charge in [-0.15, -0.1) is 0 Å². The van der Waals surface area contributed by atoms with Gasteiger partial charge in [-0.1, -0.05) is 242 Å². The van der Waals surface area contributed by atoms with Crippen molar-refractivity contribution in [2.24, 2.45) is 0 Å². The molecule has 0 spiro atoms. The maximum atomic E-state index is 13.3. The highest BCUT2D eigenvalue weighted by atomic mass is 16.7. The van der Waals surface area contributed by atoms with Crippen LogP contribution in [0, 0.1) is 0 Å². The molecule has 80 heavy (non-hydrogen) atoms. The van der Waals surface area contributed by atoms with Gasteiger partial charge < -0.3 is 65.1 Å². The molecule has 0 bridgehead atoms. The zero-order chi connectivity index (χ0) is 58.1. The summed E-state index contributed by atoms with van der Waals surface area (Å²) in [4.78, 5) is 13.3. The summed E-state index contributed by atoms with van der Waals surface area (Å²) < 4.78 is 22.8. The first-order valence-corrected chi connectivity index (χ1v) is 32.5. The largest absolute Gasteiger partial charge is 0.394 e. The summed E-state index contributed by atoms with van der Waals surface area (Å²) in [6.45, 7) is 2.76. The normalized spacial score (nSPS) is 24.6. The van der Waals surface area contributed by atoms with Crippen molar-refractivity contribution < 1.29 is 64.6 Å². The molecule has 9 N–H and O–H groups in total. The Hall–Kier alpha value is -2.31. The van der Waals surface area contributed by atoms with Gasteiger partial charge in [-0.25, -0.2) is 0 Å². The van der Waals surface area contributed by atoms with Crippen LogP contribution in [0.25, 0.3) is 0 Å². The van der Waals surface area contributed by atoms with Gasteiger partial charge in [0.25, 0.3) is 0 Å². The summed E-state index contributed by atoms with van der Waals surface area (Å²) in [5, 5.41) is 87.2. The van der Waals surface area contributed by atoms with Gasteiger partial charge in [-0.2, -0.15) is 0 Å². The van der Waals surface area contributed by atoms with Gasteiger partial charge in [0.15, 0.2) is 12.6 Å². The second-order valence-electron chi connectivity index (χ2n) is 22.9. The fourth-order valence-electron chi connectivity index (χ4n) is 10.4. The second kappa shape index (κ2) is 51.1. The molecule has 466 valence electrons. The smallest absolute Gasteiger partial charge is 0.220 e. The summed E-state index contributed by atoms with van der Waals surface area (Å²) in [7, 11) is 0. The molecule has 0 aromatic rings. The van der Waals surface area contributed by atoms with Gasteiger partial charge in [0.05, 0.1) is 32.0 Å². The van der Waals surface area contributed by atoms with Crippen LogP contribution in [-0.2, 0) is 23.7 Å². The van der Waals surface area contributed by atoms with Gasteiger partial charge >= 0.3 is 0 Å². The Morgan fingerprint density at radius 1 is 0.450 bits per heavy atom. The maximum absolute atomic E-state index is 13.3. The molecule has 0 aliphatic carbocycles. The molecule has 2 aliphatic rings. The number of unbranched alkanes of at least 4 members (excludes halogenated alkanes) is 31. The Balaban J connectivity index is 1.74. The minimum atomic E-state index is -1.79. The van der Waals surface area contributed by atoms with E-state index in [4.69, 9.17) is 18.9 Å². The number of carbonyl (C=O) groups is 1. The molecule has 12 atom stereocenters. The van der Waals surface area contributed by atoms with Crippen LogP contribution in [0.3, 0.4) is 0 Å². The van der Waals surface area contributed by atoms with E-state index in [9.17, 15) is 45.6 Å². The van der Waals surface area contributed by atoms with Crippen molar-refractivity contribution >= 4 is 5.91 Å². The van der Waals surface area contributed by atoms with E-state index in [0.29, 0.717) is 12.8 Å². The number of nitrogens with one attached hydrogen (secondary N) is 1. The van der Waals surface area contributed by atoms with Crippen molar-refractivity contribution in [1.29, 1.82) is 0 Å². The van der Waals surface area contributed by atoms with Crippen LogP contribution in [0.4, 0.5) is 0 Å². The van der Waals surface area contributed by atoms with Gasteiger partial charge in [-0.3, -0.25) is 4.79 Å². The zero-order valence-electron chi connectivity index (χ0n) is 50.3. The molecule has 2 saturated heterocycles. The number of rotatable bonds is 52. The van der Waals surface area contributed by atoms with Crippen molar-refractivity contribution in [3.63, 3.8) is 0 Å². The first kappa shape index (κ1) is 73.8. The minimum Gasteiger partial charge on any atom is -0.394 e. The number of hydrogen-bond donors (Lipinski definition) is 9. The lowest BCUT2D eigenvalue weighted by molar-refractivity contribution is -0.359. The lowest BCUT2D eigenvalue weighted by Crippen LogP contribution is -2.65. The van der Waals surface area contributed by atoms with Gasteiger partial charge in [0.2, 0.25) is 5.91 Å². The Bertz CT molecular complexity index is 1570. The Morgan fingerprint density at radius 2 is 0.838 bits per heavy atom. The number of carbonyl (C=O) groups excluding carboxylic acids is 1. The second-order valence-corrected chi connectivity index (χ2v) is 22.9. The van der Waals surface area contributed by atoms with Crippen LogP contribution in [0.5, 0.6) is 0 Å². The average Bonchev–Trinajstić information content (AvgIpc) is 3.48. The van der Waals surface area contributed by atoms with E-state index in [-0.39, 0.29) is 18.9 Å². The molecule has 12 unspecified atom stereocenters. The van der Waals surface area contributed by atoms with E-state index in [2.05, 4.69) is 67.8 Å². The van der Waals surface area contributed by atoms with Crippen LogP contribution in [0.15, 0.2) is 60.8 Å². The number of aliphatic hydroxyl groups is 8. The third-order valence-corrected chi connectivity index (χ3v) is 15.7. The van der Waals surface area contributed by atoms with E-state index in [1.165, 1.54) is 161 Å². The average molecular weight is 1130 g/mol. The van der Waals surface area contributed by atoms with Gasteiger partial charge in [0.1, 0.15) is 48.8 Å². The third-order valence-electron chi connectivity index (χ3n) is 15.7. The molecule has 14 heteroatoms. The molecule has 2 fully saturated rings. The molecule has 14 nitrogen and oxygen atoms in total. The molecule has 1 amide bonds. The molecular weight excluding hydrogens is 1010 g/mol. The SMILES string of the molecule is CCCCC/C=C\C/C=C\C/C=C\CCCCCCCCC(=O)NC(COC1OC(CO)C(OC2OC(CO)C(O)C(O)C2O)C(O)C1O)C(O)/C=C/CC/C=C/CCCCCCCCCCCCCCCCCCCCCCC. The zero-order valence-corrected chi connectivity index (χ0v) is 50.3. The van der Waals surface area contributed by atoms with Crippen LogP contribution >= 0.6 is 0 Å². The van der Waals surface area contributed by atoms with Gasteiger partial charge in [-0.05, 0) is 70.6 Å². The lowest BCUT2D eigenvalue weighted by atomic mass is 9.97. The molecule has 2 aliphatic heterocycles. The molecule has 2 rings (SSSR count). The van der Waals surface area contributed by atoms with Crippen LogP contribution in [-0.4, -0.2) is 140 Å². The molecular formula is C66H119NO13. The molecule has 0 saturated carbocycles. The van der Waals surface area contributed by atoms with Crippen molar-refractivity contribution in [3.05, 3.63) is 60.8 Å². The number of ether oxygens (including phenoxy) is 4. The number of hydrogen-bond acceptors (Lipinski definition) is 13. The van der Waals surface area contributed by atoms with Gasteiger partial charge in [0, 0.05) is 6.42 Å².